The van der Waals surface area contributed by atoms with Crippen LogP contribution in [0.15, 0.2) is 34.6 Å². The molecule has 10 heteroatoms. The topological polar surface area (TPSA) is 58.5 Å². The predicted octanol–water partition coefficient (Wildman–Crippen LogP) is 3.79. The van der Waals surface area contributed by atoms with Gasteiger partial charge in [0, 0.05) is 26.1 Å². The first-order valence-corrected chi connectivity index (χ1v) is 8.33. The number of ether oxygens (including phenoxy) is 1. The van der Waals surface area contributed by atoms with Gasteiger partial charge in [-0.2, -0.15) is 13.2 Å². The van der Waals surface area contributed by atoms with Crippen LogP contribution in [0.1, 0.15) is 21.8 Å². The Kier molecular flexibility index (Phi) is 9.30. The molecule has 0 fully saturated rings. The Balaban J connectivity index is 0.00000338. The van der Waals surface area contributed by atoms with Crippen molar-refractivity contribution in [2.24, 2.45) is 4.99 Å². The summed E-state index contributed by atoms with van der Waals surface area (Å²) < 4.78 is 42.7. The van der Waals surface area contributed by atoms with Crippen molar-refractivity contribution >= 4 is 41.3 Å². The van der Waals surface area contributed by atoms with E-state index in [4.69, 9.17) is 4.74 Å². The van der Waals surface area contributed by atoms with Gasteiger partial charge in [-0.3, -0.25) is 4.99 Å². The van der Waals surface area contributed by atoms with Crippen molar-refractivity contribution in [3.8, 4) is 0 Å². The molecule has 2 N–H and O–H groups in total. The molecule has 1 heterocycles. The predicted molar refractivity (Wildman–Crippen MR) is 107 cm³/mol. The van der Waals surface area contributed by atoms with Crippen LogP contribution in [0, 0.1) is 0 Å². The van der Waals surface area contributed by atoms with E-state index in [1.807, 2.05) is 24.3 Å². The molecule has 5 nitrogen and oxygen atoms in total. The maximum absolute atomic E-state index is 12.5. The normalized spacial score (nSPS) is 11.8. The fraction of sp³-hybridized carbons (Fsp3) is 0.375. The van der Waals surface area contributed by atoms with Crippen molar-refractivity contribution < 1.29 is 17.9 Å². The molecule has 0 aliphatic carbocycles. The summed E-state index contributed by atoms with van der Waals surface area (Å²) in [6, 6.07) is 7.91. The first-order chi connectivity index (χ1) is 11.9. The molecule has 0 saturated heterocycles. The van der Waals surface area contributed by atoms with Crippen LogP contribution in [0.2, 0.25) is 0 Å². The number of nitrogens with one attached hydrogen (secondary N) is 2. The number of aliphatic imine (C=N–C) groups is 1. The first-order valence-electron chi connectivity index (χ1n) is 7.45. The van der Waals surface area contributed by atoms with Gasteiger partial charge in [-0.1, -0.05) is 24.3 Å². The highest BCUT2D eigenvalue weighted by molar-refractivity contribution is 14.0. The lowest BCUT2D eigenvalue weighted by Gasteiger charge is -2.11. The number of thiazole rings is 1. The van der Waals surface area contributed by atoms with Crippen LogP contribution in [0.25, 0.3) is 0 Å². The number of halogens is 4. The first kappa shape index (κ1) is 22.6. The molecular weight excluding hydrogens is 480 g/mol. The summed E-state index contributed by atoms with van der Waals surface area (Å²) in [4.78, 5) is 7.62. The van der Waals surface area contributed by atoms with Crippen molar-refractivity contribution in [1.29, 1.82) is 0 Å². The lowest BCUT2D eigenvalue weighted by molar-refractivity contribution is -0.140. The summed E-state index contributed by atoms with van der Waals surface area (Å²) in [5.74, 6) is 0.490. The lowest BCUT2D eigenvalue weighted by Crippen LogP contribution is -2.36. The Morgan fingerprint density at radius 3 is 2.31 bits per heavy atom. The minimum absolute atomic E-state index is 0. The molecule has 0 unspecified atom stereocenters. The van der Waals surface area contributed by atoms with Crippen LogP contribution in [0.5, 0.6) is 0 Å². The number of nitrogens with zero attached hydrogens (tertiary/aromatic N) is 2. The molecule has 0 radical (unpaired) electrons. The molecule has 2 rings (SSSR count). The molecule has 0 amide bonds. The van der Waals surface area contributed by atoms with Crippen molar-refractivity contribution in [3.63, 3.8) is 0 Å². The average Bonchev–Trinajstić information content (AvgIpc) is 3.06. The second-order valence-electron chi connectivity index (χ2n) is 5.15. The van der Waals surface area contributed by atoms with Crippen LogP contribution in [0.4, 0.5) is 13.2 Å². The van der Waals surface area contributed by atoms with Gasteiger partial charge >= 0.3 is 6.18 Å². The van der Waals surface area contributed by atoms with E-state index in [0.717, 1.165) is 27.8 Å². The third-order valence-corrected chi connectivity index (χ3v) is 4.12. The Morgan fingerprint density at radius 2 is 1.77 bits per heavy atom. The summed E-state index contributed by atoms with van der Waals surface area (Å²) >= 11 is 0.961. The minimum atomic E-state index is -4.41. The summed E-state index contributed by atoms with van der Waals surface area (Å²) in [6.45, 7) is 1.27. The molecule has 144 valence electrons. The lowest BCUT2D eigenvalue weighted by atomic mass is 10.1. The van der Waals surface area contributed by atoms with Crippen molar-refractivity contribution in [3.05, 3.63) is 51.5 Å². The van der Waals surface area contributed by atoms with E-state index >= 15 is 0 Å². The van der Waals surface area contributed by atoms with E-state index in [1.165, 1.54) is 0 Å². The molecular formula is C16H20F3IN4OS. The molecule has 26 heavy (non-hydrogen) atoms. The Morgan fingerprint density at radius 1 is 1.15 bits per heavy atom. The van der Waals surface area contributed by atoms with Gasteiger partial charge in [0.2, 0.25) is 0 Å². The number of guanidine groups is 1. The number of rotatable bonds is 6. The second-order valence-corrected chi connectivity index (χ2v) is 6.10. The Bertz CT molecular complexity index is 704. The van der Waals surface area contributed by atoms with Gasteiger partial charge < -0.3 is 15.4 Å². The van der Waals surface area contributed by atoms with Gasteiger partial charge in [0.15, 0.2) is 11.7 Å². The van der Waals surface area contributed by atoms with E-state index in [9.17, 15) is 13.2 Å². The SMILES string of the molecule is CN=C(NCc1ccc(COC)cc1)NCc1nc(C(F)(F)F)cs1.I. The maximum Gasteiger partial charge on any atom is 0.434 e. The van der Waals surface area contributed by atoms with E-state index < -0.39 is 11.9 Å². The third-order valence-electron chi connectivity index (χ3n) is 3.27. The molecule has 1 aromatic carbocycles. The van der Waals surface area contributed by atoms with Crippen LogP contribution in [-0.4, -0.2) is 25.1 Å². The third kappa shape index (κ3) is 7.08. The summed E-state index contributed by atoms with van der Waals surface area (Å²) in [5, 5.41) is 7.41. The highest BCUT2D eigenvalue weighted by Gasteiger charge is 2.33. The van der Waals surface area contributed by atoms with Crippen molar-refractivity contribution in [1.82, 2.24) is 15.6 Å². The summed E-state index contributed by atoms with van der Waals surface area (Å²) in [7, 11) is 3.24. The van der Waals surface area contributed by atoms with Gasteiger partial charge in [-0.15, -0.1) is 35.3 Å². The van der Waals surface area contributed by atoms with Crippen molar-refractivity contribution in [2.75, 3.05) is 14.2 Å². The quantitative estimate of drug-likeness (QED) is 0.360. The van der Waals surface area contributed by atoms with Gasteiger partial charge in [-0.25, -0.2) is 4.98 Å². The fourth-order valence-corrected chi connectivity index (χ4v) is 2.75. The van der Waals surface area contributed by atoms with Gasteiger partial charge in [0.05, 0.1) is 13.2 Å². The zero-order valence-corrected chi connectivity index (χ0v) is 17.4. The highest BCUT2D eigenvalue weighted by Crippen LogP contribution is 2.29. The molecule has 0 bridgehead atoms. The van der Waals surface area contributed by atoms with E-state index in [-0.39, 0.29) is 30.5 Å². The highest BCUT2D eigenvalue weighted by atomic mass is 127. The largest absolute Gasteiger partial charge is 0.434 e. The molecule has 0 saturated carbocycles. The van der Waals surface area contributed by atoms with E-state index in [0.29, 0.717) is 24.1 Å². The molecule has 1 aromatic heterocycles. The van der Waals surface area contributed by atoms with Crippen LogP contribution in [0.3, 0.4) is 0 Å². The molecule has 0 atom stereocenters. The summed E-state index contributed by atoms with van der Waals surface area (Å²) in [5.41, 5.74) is 1.27. The average molecular weight is 500 g/mol. The Labute approximate surface area is 171 Å². The monoisotopic (exact) mass is 500 g/mol. The number of methoxy groups -OCH3 is 1. The maximum atomic E-state index is 12.5. The molecule has 0 spiro atoms. The van der Waals surface area contributed by atoms with Crippen LogP contribution < -0.4 is 10.6 Å². The number of hydrogen-bond donors (Lipinski definition) is 2. The number of hydrogen-bond acceptors (Lipinski definition) is 4. The van der Waals surface area contributed by atoms with Gasteiger partial charge in [0.1, 0.15) is 5.01 Å². The van der Waals surface area contributed by atoms with E-state index in [1.54, 1.807) is 14.2 Å². The number of aromatic nitrogens is 1. The van der Waals surface area contributed by atoms with Gasteiger partial charge in [0.25, 0.3) is 0 Å². The Hall–Kier alpha value is -1.40. The molecule has 0 aliphatic rings. The number of benzene rings is 1. The van der Waals surface area contributed by atoms with Crippen molar-refractivity contribution in [2.45, 2.75) is 25.9 Å². The van der Waals surface area contributed by atoms with Crippen LogP contribution in [-0.2, 0) is 30.6 Å². The van der Waals surface area contributed by atoms with Gasteiger partial charge in [-0.05, 0) is 11.1 Å². The minimum Gasteiger partial charge on any atom is -0.380 e. The fourth-order valence-electron chi connectivity index (χ4n) is 2.01. The van der Waals surface area contributed by atoms with Crippen LogP contribution >= 0.6 is 35.3 Å². The second kappa shape index (κ2) is 10.7. The molecule has 0 aliphatic heterocycles. The smallest absolute Gasteiger partial charge is 0.380 e. The molecule has 2 aromatic rings. The number of alkyl halides is 3. The summed E-state index contributed by atoms with van der Waals surface area (Å²) in [6.07, 6.45) is -4.41. The van der Waals surface area contributed by atoms with E-state index in [2.05, 4.69) is 20.6 Å². The zero-order chi connectivity index (χ0) is 18.3. The zero-order valence-electron chi connectivity index (χ0n) is 14.3. The standard InChI is InChI=1S/C16H19F3N4OS.HI/c1-20-15(21-7-11-3-5-12(6-4-11)9-24-2)22-8-14-23-13(10-25-14)16(17,18)19;/h3-6,10H,7-9H2,1-2H3,(H2,20,21,22);1H.